The number of amides is 1. The maximum atomic E-state index is 13.1. The number of benzene rings is 2. The molecule has 3 aromatic rings. The molecule has 1 atom stereocenters. The summed E-state index contributed by atoms with van der Waals surface area (Å²) >= 11 is 7.89. The Morgan fingerprint density at radius 2 is 2.11 bits per heavy atom. The van der Waals surface area contributed by atoms with E-state index in [1.54, 1.807) is 48.0 Å². The highest BCUT2D eigenvalue weighted by Gasteiger charge is 2.18. The van der Waals surface area contributed by atoms with Crippen LogP contribution in [0.4, 0.5) is 10.1 Å². The Morgan fingerprint density at radius 1 is 1.37 bits per heavy atom. The predicted octanol–water partition coefficient (Wildman–Crippen LogP) is 4.79. The summed E-state index contributed by atoms with van der Waals surface area (Å²) in [5, 5.41) is 15.7. The number of aromatic nitrogens is 2. The fourth-order valence-corrected chi connectivity index (χ4v) is 4.67. The lowest BCUT2D eigenvalue weighted by molar-refractivity contribution is -0.115. The standard InChI is InChI=1S/C18H13FN4OS3/c1-11(16(24)21-14-4-2-3-12(9-14)10-20)26-17-22-23(18(25)27-17)15-7-5-13(19)6-8-15/h2-9,11H,1H3,(H,21,24)/t11-/m0/s1. The maximum Gasteiger partial charge on any atom is 0.237 e. The number of hydrogen-bond acceptors (Lipinski definition) is 6. The summed E-state index contributed by atoms with van der Waals surface area (Å²) in [6.07, 6.45) is 0. The number of nitriles is 1. The van der Waals surface area contributed by atoms with Gasteiger partial charge in [0.15, 0.2) is 8.29 Å². The van der Waals surface area contributed by atoms with Crippen LogP contribution in [0.1, 0.15) is 12.5 Å². The van der Waals surface area contributed by atoms with Crippen LogP contribution in [0.2, 0.25) is 0 Å². The zero-order valence-electron chi connectivity index (χ0n) is 14.0. The lowest BCUT2D eigenvalue weighted by Crippen LogP contribution is -2.22. The quantitative estimate of drug-likeness (QED) is 0.478. The van der Waals surface area contributed by atoms with Crippen LogP contribution in [0.15, 0.2) is 52.9 Å². The van der Waals surface area contributed by atoms with Crippen molar-refractivity contribution >= 4 is 46.9 Å². The van der Waals surface area contributed by atoms with Crippen LogP contribution in [-0.2, 0) is 4.79 Å². The van der Waals surface area contributed by atoms with Crippen molar-refractivity contribution in [3.63, 3.8) is 0 Å². The summed E-state index contributed by atoms with van der Waals surface area (Å²) in [6, 6.07) is 14.6. The molecule has 0 saturated carbocycles. The highest BCUT2D eigenvalue weighted by atomic mass is 32.2. The summed E-state index contributed by atoms with van der Waals surface area (Å²) in [5.74, 6) is -0.537. The van der Waals surface area contributed by atoms with Gasteiger partial charge in [-0.3, -0.25) is 4.79 Å². The van der Waals surface area contributed by atoms with Crippen LogP contribution in [0.3, 0.4) is 0 Å². The molecule has 136 valence electrons. The van der Waals surface area contributed by atoms with E-state index in [-0.39, 0.29) is 11.7 Å². The SMILES string of the molecule is C[C@H](Sc1nn(-c2ccc(F)cc2)c(=S)s1)C(=O)Nc1cccc(C#N)c1. The minimum absolute atomic E-state index is 0.204. The van der Waals surface area contributed by atoms with Gasteiger partial charge in [0.1, 0.15) is 5.82 Å². The largest absolute Gasteiger partial charge is 0.325 e. The minimum Gasteiger partial charge on any atom is -0.325 e. The average molecular weight is 417 g/mol. The van der Waals surface area contributed by atoms with E-state index in [2.05, 4.69) is 10.4 Å². The van der Waals surface area contributed by atoms with Gasteiger partial charge in [-0.05, 0) is 61.6 Å². The van der Waals surface area contributed by atoms with Gasteiger partial charge in [0.2, 0.25) is 5.91 Å². The van der Waals surface area contributed by atoms with Crippen LogP contribution in [0.5, 0.6) is 0 Å². The molecule has 0 aliphatic carbocycles. The van der Waals surface area contributed by atoms with E-state index in [0.717, 1.165) is 0 Å². The van der Waals surface area contributed by atoms with Gasteiger partial charge in [-0.25, -0.2) is 9.07 Å². The van der Waals surface area contributed by atoms with Gasteiger partial charge in [0.05, 0.1) is 22.6 Å². The van der Waals surface area contributed by atoms with E-state index < -0.39 is 5.25 Å². The normalized spacial score (nSPS) is 11.6. The van der Waals surface area contributed by atoms with Gasteiger partial charge in [-0.2, -0.15) is 5.26 Å². The lowest BCUT2D eigenvalue weighted by Gasteiger charge is -2.10. The van der Waals surface area contributed by atoms with E-state index in [9.17, 15) is 9.18 Å². The minimum atomic E-state index is -0.419. The first-order chi connectivity index (χ1) is 13.0. The number of carbonyl (C=O) groups is 1. The smallest absolute Gasteiger partial charge is 0.237 e. The molecule has 1 heterocycles. The average Bonchev–Trinajstić information content (AvgIpc) is 3.02. The van der Waals surface area contributed by atoms with Crippen molar-refractivity contribution in [2.24, 2.45) is 0 Å². The van der Waals surface area contributed by atoms with Crippen molar-refractivity contribution in [2.75, 3.05) is 5.32 Å². The number of thioether (sulfide) groups is 1. The molecule has 0 aliphatic heterocycles. The molecule has 27 heavy (non-hydrogen) atoms. The zero-order chi connectivity index (χ0) is 19.4. The van der Waals surface area contributed by atoms with E-state index in [1.807, 2.05) is 6.07 Å². The Morgan fingerprint density at radius 3 is 2.81 bits per heavy atom. The van der Waals surface area contributed by atoms with E-state index in [0.29, 0.717) is 25.2 Å². The Kier molecular flexibility index (Phi) is 6.01. The molecule has 0 bridgehead atoms. The molecule has 2 aromatic carbocycles. The number of hydrogen-bond donors (Lipinski definition) is 1. The van der Waals surface area contributed by atoms with E-state index in [4.69, 9.17) is 17.5 Å². The molecule has 0 saturated heterocycles. The molecule has 0 spiro atoms. The second kappa shape index (κ2) is 8.43. The highest BCUT2D eigenvalue weighted by molar-refractivity contribution is 8.02. The number of halogens is 1. The molecular weight excluding hydrogens is 403 g/mol. The second-order valence-electron chi connectivity index (χ2n) is 5.46. The van der Waals surface area contributed by atoms with Crippen molar-refractivity contribution in [1.29, 1.82) is 5.26 Å². The molecule has 9 heteroatoms. The lowest BCUT2D eigenvalue weighted by atomic mass is 10.2. The molecule has 0 aliphatic rings. The first-order valence-corrected chi connectivity index (χ1v) is 9.90. The van der Waals surface area contributed by atoms with Crippen molar-refractivity contribution in [1.82, 2.24) is 9.78 Å². The third kappa shape index (κ3) is 4.80. The summed E-state index contributed by atoms with van der Waals surface area (Å²) in [7, 11) is 0. The van der Waals surface area contributed by atoms with Gasteiger partial charge >= 0.3 is 0 Å². The van der Waals surface area contributed by atoms with Crippen LogP contribution in [0, 0.1) is 21.1 Å². The Hall–Kier alpha value is -2.54. The molecule has 0 fully saturated rings. The van der Waals surface area contributed by atoms with Crippen molar-refractivity contribution < 1.29 is 9.18 Å². The number of nitrogens with one attached hydrogen (secondary N) is 1. The third-order valence-electron chi connectivity index (χ3n) is 3.51. The number of carbonyl (C=O) groups excluding carboxylic acids is 1. The third-order valence-corrected chi connectivity index (χ3v) is 5.92. The summed E-state index contributed by atoms with van der Waals surface area (Å²) in [4.78, 5) is 12.4. The number of anilines is 1. The Bertz CT molecular complexity index is 1070. The fourth-order valence-electron chi connectivity index (χ4n) is 2.17. The molecule has 0 radical (unpaired) electrons. The van der Waals surface area contributed by atoms with E-state index >= 15 is 0 Å². The molecule has 1 N–H and O–H groups in total. The second-order valence-corrected chi connectivity index (χ2v) is 8.67. The fraction of sp³-hybridized carbons (Fsp3) is 0.111. The zero-order valence-corrected chi connectivity index (χ0v) is 16.5. The first kappa shape index (κ1) is 19.2. The molecule has 0 unspecified atom stereocenters. The predicted molar refractivity (Wildman–Crippen MR) is 107 cm³/mol. The van der Waals surface area contributed by atoms with Gasteiger partial charge in [0, 0.05) is 5.69 Å². The van der Waals surface area contributed by atoms with Crippen LogP contribution < -0.4 is 5.32 Å². The molecule has 1 amide bonds. The molecular formula is C18H13FN4OS3. The van der Waals surface area contributed by atoms with Crippen LogP contribution >= 0.6 is 35.3 Å². The first-order valence-electron chi connectivity index (χ1n) is 7.80. The van der Waals surface area contributed by atoms with Gasteiger partial charge in [-0.15, -0.1) is 5.10 Å². The molecule has 3 rings (SSSR count). The van der Waals surface area contributed by atoms with Gasteiger partial charge in [-0.1, -0.05) is 29.2 Å². The van der Waals surface area contributed by atoms with Gasteiger partial charge in [0.25, 0.3) is 0 Å². The Balaban J connectivity index is 1.70. The number of rotatable bonds is 5. The summed E-state index contributed by atoms with van der Waals surface area (Å²) in [6.45, 7) is 1.76. The Labute approximate surface area is 168 Å². The summed E-state index contributed by atoms with van der Waals surface area (Å²) < 4.78 is 15.8. The molecule has 5 nitrogen and oxygen atoms in total. The van der Waals surface area contributed by atoms with Gasteiger partial charge < -0.3 is 5.32 Å². The topological polar surface area (TPSA) is 70.7 Å². The maximum absolute atomic E-state index is 13.1. The van der Waals surface area contributed by atoms with Crippen molar-refractivity contribution in [3.05, 3.63) is 63.9 Å². The van der Waals surface area contributed by atoms with E-state index in [1.165, 1.54) is 35.2 Å². The summed E-state index contributed by atoms with van der Waals surface area (Å²) in [5.41, 5.74) is 1.70. The van der Waals surface area contributed by atoms with Crippen LogP contribution in [0.25, 0.3) is 5.69 Å². The number of nitrogens with zero attached hydrogens (tertiary/aromatic N) is 3. The van der Waals surface area contributed by atoms with Crippen molar-refractivity contribution in [2.45, 2.75) is 16.5 Å². The van der Waals surface area contributed by atoms with Crippen molar-refractivity contribution in [3.8, 4) is 11.8 Å². The highest BCUT2D eigenvalue weighted by Crippen LogP contribution is 2.28. The monoisotopic (exact) mass is 416 g/mol. The molecule has 1 aromatic heterocycles. The van der Waals surface area contributed by atoms with Crippen LogP contribution in [-0.4, -0.2) is 20.9 Å².